The van der Waals surface area contributed by atoms with Gasteiger partial charge in [-0.2, -0.15) is 0 Å². The van der Waals surface area contributed by atoms with Crippen molar-refractivity contribution < 1.29 is 14.3 Å². The number of hydrogen-bond donors (Lipinski definition) is 2. The van der Waals surface area contributed by atoms with E-state index in [-0.39, 0.29) is 17.9 Å². The molecule has 0 saturated carbocycles. The predicted molar refractivity (Wildman–Crippen MR) is 99.8 cm³/mol. The van der Waals surface area contributed by atoms with Crippen LogP contribution in [0, 0.1) is 12.3 Å². The molecule has 2 heterocycles. The zero-order valence-corrected chi connectivity index (χ0v) is 15.5. The maximum atomic E-state index is 13.0. The Morgan fingerprint density at radius 1 is 1.23 bits per heavy atom. The van der Waals surface area contributed by atoms with E-state index in [1.54, 1.807) is 0 Å². The van der Waals surface area contributed by atoms with E-state index in [4.69, 9.17) is 10.5 Å². The molecule has 0 aromatic heterocycles. The number of piperidine rings is 1. The van der Waals surface area contributed by atoms with E-state index in [2.05, 4.69) is 5.32 Å². The summed E-state index contributed by atoms with van der Waals surface area (Å²) in [5.41, 5.74) is 7.19. The van der Waals surface area contributed by atoms with Crippen LogP contribution in [0.4, 0.5) is 0 Å². The van der Waals surface area contributed by atoms with Gasteiger partial charge in [0.25, 0.3) is 5.91 Å². The smallest absolute Gasteiger partial charge is 0.251 e. The van der Waals surface area contributed by atoms with Crippen molar-refractivity contribution in [2.75, 3.05) is 32.8 Å². The lowest BCUT2D eigenvalue weighted by atomic mass is 9.78. The van der Waals surface area contributed by atoms with Crippen LogP contribution in [0.1, 0.15) is 41.6 Å². The highest BCUT2D eigenvalue weighted by atomic mass is 16.5. The monoisotopic (exact) mass is 359 g/mol. The number of nitrogens with zero attached hydrogens (tertiary/aromatic N) is 1. The van der Waals surface area contributed by atoms with E-state index in [1.807, 2.05) is 36.1 Å². The molecule has 0 radical (unpaired) electrons. The summed E-state index contributed by atoms with van der Waals surface area (Å²) in [6.45, 7) is 4.85. The van der Waals surface area contributed by atoms with Crippen molar-refractivity contribution >= 4 is 11.8 Å². The number of nitrogens with two attached hydrogens (primary N) is 1. The Labute approximate surface area is 155 Å². The molecule has 2 aliphatic rings. The molecule has 3 rings (SSSR count). The van der Waals surface area contributed by atoms with E-state index < -0.39 is 5.41 Å². The van der Waals surface area contributed by atoms with Crippen LogP contribution in [0.5, 0.6) is 0 Å². The summed E-state index contributed by atoms with van der Waals surface area (Å²) in [7, 11) is 0. The molecule has 1 aromatic carbocycles. The average Bonchev–Trinajstić information content (AvgIpc) is 2.69. The lowest BCUT2D eigenvalue weighted by molar-refractivity contribution is -0.148. The fraction of sp³-hybridized carbons (Fsp3) is 0.600. The third-order valence-corrected chi connectivity index (χ3v) is 5.80. The quantitative estimate of drug-likeness (QED) is 0.853. The van der Waals surface area contributed by atoms with Gasteiger partial charge in [0.15, 0.2) is 0 Å². The number of aryl methyl sites for hydroxylation is 1. The molecule has 0 spiro atoms. The standard InChI is InChI=1S/C20H29N3O3/c1-15-4-2-3-5-17(15)18(24)22-16-6-10-23(11-7-16)19(25)20(14-21)8-12-26-13-9-20/h2-5,16H,6-14,21H2,1H3,(H,22,24). The molecule has 26 heavy (non-hydrogen) atoms. The molecule has 2 saturated heterocycles. The topological polar surface area (TPSA) is 84.7 Å². The molecule has 2 fully saturated rings. The Morgan fingerprint density at radius 3 is 2.50 bits per heavy atom. The molecular weight excluding hydrogens is 330 g/mol. The van der Waals surface area contributed by atoms with Crippen molar-refractivity contribution in [1.29, 1.82) is 0 Å². The van der Waals surface area contributed by atoms with Gasteiger partial charge >= 0.3 is 0 Å². The summed E-state index contributed by atoms with van der Waals surface area (Å²) in [6, 6.07) is 7.70. The SMILES string of the molecule is Cc1ccccc1C(=O)NC1CCN(C(=O)C2(CN)CCOCC2)CC1. The molecular formula is C20H29N3O3. The number of rotatable bonds is 4. The zero-order valence-electron chi connectivity index (χ0n) is 15.5. The fourth-order valence-electron chi connectivity index (χ4n) is 3.92. The Kier molecular flexibility index (Phi) is 5.94. The van der Waals surface area contributed by atoms with Crippen molar-refractivity contribution in [2.24, 2.45) is 11.1 Å². The number of nitrogens with one attached hydrogen (secondary N) is 1. The zero-order chi connectivity index (χ0) is 18.6. The van der Waals surface area contributed by atoms with Crippen molar-refractivity contribution in [3.63, 3.8) is 0 Å². The van der Waals surface area contributed by atoms with Crippen molar-refractivity contribution in [1.82, 2.24) is 10.2 Å². The molecule has 0 atom stereocenters. The highest BCUT2D eigenvalue weighted by Gasteiger charge is 2.42. The van der Waals surface area contributed by atoms with Gasteiger partial charge in [-0.3, -0.25) is 9.59 Å². The molecule has 2 amide bonds. The molecule has 6 nitrogen and oxygen atoms in total. The minimum Gasteiger partial charge on any atom is -0.381 e. The van der Waals surface area contributed by atoms with Gasteiger partial charge < -0.3 is 20.7 Å². The van der Waals surface area contributed by atoms with Crippen LogP contribution in [0.25, 0.3) is 0 Å². The Balaban J connectivity index is 1.55. The van der Waals surface area contributed by atoms with Crippen LogP contribution in [0.15, 0.2) is 24.3 Å². The minimum absolute atomic E-state index is 0.0317. The first-order valence-electron chi connectivity index (χ1n) is 9.49. The van der Waals surface area contributed by atoms with Gasteiger partial charge in [-0.05, 0) is 44.2 Å². The third-order valence-electron chi connectivity index (χ3n) is 5.80. The van der Waals surface area contributed by atoms with E-state index >= 15 is 0 Å². The third kappa shape index (κ3) is 3.91. The number of amides is 2. The maximum absolute atomic E-state index is 13.0. The summed E-state index contributed by atoms with van der Waals surface area (Å²) < 4.78 is 5.40. The lowest BCUT2D eigenvalue weighted by Crippen LogP contribution is -2.54. The van der Waals surface area contributed by atoms with Gasteiger partial charge in [0, 0.05) is 44.5 Å². The van der Waals surface area contributed by atoms with Crippen LogP contribution in [-0.2, 0) is 9.53 Å². The number of ether oxygens (including phenoxy) is 1. The first-order valence-corrected chi connectivity index (χ1v) is 9.49. The lowest BCUT2D eigenvalue weighted by Gasteiger charge is -2.41. The Morgan fingerprint density at radius 2 is 1.88 bits per heavy atom. The molecule has 1 aromatic rings. The number of carbonyl (C=O) groups is 2. The highest BCUT2D eigenvalue weighted by Crippen LogP contribution is 2.32. The normalized spacial score (nSPS) is 20.6. The summed E-state index contributed by atoms with van der Waals surface area (Å²) in [5, 5.41) is 3.12. The average molecular weight is 359 g/mol. The molecule has 0 aliphatic carbocycles. The van der Waals surface area contributed by atoms with Crippen molar-refractivity contribution in [3.8, 4) is 0 Å². The van der Waals surface area contributed by atoms with E-state index in [9.17, 15) is 9.59 Å². The molecule has 142 valence electrons. The van der Waals surface area contributed by atoms with Gasteiger partial charge in [0.05, 0.1) is 5.41 Å². The molecule has 0 unspecified atom stereocenters. The molecule has 6 heteroatoms. The van der Waals surface area contributed by atoms with E-state index in [1.165, 1.54) is 0 Å². The van der Waals surface area contributed by atoms with Crippen LogP contribution < -0.4 is 11.1 Å². The molecule has 0 bridgehead atoms. The number of benzene rings is 1. The number of carbonyl (C=O) groups excluding carboxylic acids is 2. The van der Waals surface area contributed by atoms with Crippen LogP contribution >= 0.6 is 0 Å². The van der Waals surface area contributed by atoms with Gasteiger partial charge in [0.2, 0.25) is 5.91 Å². The van der Waals surface area contributed by atoms with Gasteiger partial charge in [-0.25, -0.2) is 0 Å². The van der Waals surface area contributed by atoms with Crippen LogP contribution in [-0.4, -0.2) is 55.6 Å². The minimum atomic E-state index is -0.463. The fourth-order valence-corrected chi connectivity index (χ4v) is 3.92. The summed E-state index contributed by atoms with van der Waals surface area (Å²) >= 11 is 0. The largest absolute Gasteiger partial charge is 0.381 e. The first kappa shape index (κ1) is 18.9. The van der Waals surface area contributed by atoms with Crippen LogP contribution in [0.2, 0.25) is 0 Å². The predicted octanol–water partition coefficient (Wildman–Crippen LogP) is 1.47. The summed E-state index contributed by atoms with van der Waals surface area (Å²) in [4.78, 5) is 27.4. The second kappa shape index (κ2) is 8.18. The highest BCUT2D eigenvalue weighted by molar-refractivity contribution is 5.95. The number of hydrogen-bond acceptors (Lipinski definition) is 4. The van der Waals surface area contributed by atoms with Crippen molar-refractivity contribution in [2.45, 2.75) is 38.6 Å². The summed E-state index contributed by atoms with van der Waals surface area (Å²) in [6.07, 6.45) is 2.96. The van der Waals surface area contributed by atoms with Gasteiger partial charge in [-0.15, -0.1) is 0 Å². The second-order valence-corrected chi connectivity index (χ2v) is 7.45. The maximum Gasteiger partial charge on any atom is 0.251 e. The number of likely N-dealkylation sites (tertiary alicyclic amines) is 1. The van der Waals surface area contributed by atoms with E-state index in [0.29, 0.717) is 45.7 Å². The first-order chi connectivity index (χ1) is 12.6. The Hall–Kier alpha value is -1.92. The van der Waals surface area contributed by atoms with Crippen molar-refractivity contribution in [3.05, 3.63) is 35.4 Å². The van der Waals surface area contributed by atoms with Gasteiger partial charge in [0.1, 0.15) is 0 Å². The molecule has 3 N–H and O–H groups in total. The molecule has 2 aliphatic heterocycles. The van der Waals surface area contributed by atoms with E-state index in [0.717, 1.165) is 24.0 Å². The van der Waals surface area contributed by atoms with Crippen LogP contribution in [0.3, 0.4) is 0 Å². The van der Waals surface area contributed by atoms with Gasteiger partial charge in [-0.1, -0.05) is 18.2 Å². The summed E-state index contributed by atoms with van der Waals surface area (Å²) in [5.74, 6) is 0.128. The Bertz CT molecular complexity index is 647. The second-order valence-electron chi connectivity index (χ2n) is 7.45.